The van der Waals surface area contributed by atoms with Gasteiger partial charge in [0.2, 0.25) is 0 Å². The second-order valence-electron chi connectivity index (χ2n) is 2.22. The molecule has 0 aliphatic carbocycles. The number of hydrogen-bond acceptors (Lipinski definition) is 1. The zero-order chi connectivity index (χ0) is 7.28. The summed E-state index contributed by atoms with van der Waals surface area (Å²) in [6.07, 6.45) is 3.85. The number of allylic oxidation sites excluding steroid dienone is 2. The van der Waals surface area contributed by atoms with Gasteiger partial charge >= 0.3 is 0 Å². The minimum absolute atomic E-state index is 0.731. The van der Waals surface area contributed by atoms with Crippen LogP contribution < -0.4 is 0 Å². The fourth-order valence-electron chi connectivity index (χ4n) is 0.502. The smallest absolute Gasteiger partial charge is 0.0310 e. The summed E-state index contributed by atoms with van der Waals surface area (Å²) in [7, 11) is 0. The van der Waals surface area contributed by atoms with Crippen molar-refractivity contribution in [1.82, 2.24) is 0 Å². The molecule has 0 bridgehead atoms. The summed E-state index contributed by atoms with van der Waals surface area (Å²) in [6.45, 7) is 6.17. The molecule has 0 aromatic rings. The van der Waals surface area contributed by atoms with Crippen LogP contribution in [0, 0.1) is 5.41 Å². The number of hydrogen-bond donors (Lipinski definition) is 1. The lowest BCUT2D eigenvalue weighted by atomic mass is 10.1. The standard InChI is InChI=1S/C8H15N/c1-4-7(3)6-8(9)5-2/h6,9H,4-5H2,1-3H3. The first-order valence-electron chi connectivity index (χ1n) is 3.45. The second-order valence-corrected chi connectivity index (χ2v) is 2.22. The minimum atomic E-state index is 0.731. The van der Waals surface area contributed by atoms with E-state index in [4.69, 9.17) is 5.41 Å². The maximum atomic E-state index is 7.29. The molecule has 1 N–H and O–H groups in total. The van der Waals surface area contributed by atoms with E-state index in [0.717, 1.165) is 18.6 Å². The minimum Gasteiger partial charge on any atom is -0.305 e. The van der Waals surface area contributed by atoms with Gasteiger partial charge in [0.15, 0.2) is 0 Å². The van der Waals surface area contributed by atoms with Gasteiger partial charge in [-0.15, -0.1) is 0 Å². The number of rotatable bonds is 3. The maximum absolute atomic E-state index is 7.29. The van der Waals surface area contributed by atoms with E-state index in [2.05, 4.69) is 13.8 Å². The maximum Gasteiger partial charge on any atom is 0.0310 e. The van der Waals surface area contributed by atoms with Crippen LogP contribution >= 0.6 is 0 Å². The van der Waals surface area contributed by atoms with Gasteiger partial charge in [-0.05, 0) is 25.8 Å². The Hall–Kier alpha value is -0.590. The van der Waals surface area contributed by atoms with E-state index in [1.165, 1.54) is 5.57 Å². The molecule has 0 spiro atoms. The van der Waals surface area contributed by atoms with E-state index < -0.39 is 0 Å². The van der Waals surface area contributed by atoms with Gasteiger partial charge < -0.3 is 5.41 Å². The van der Waals surface area contributed by atoms with E-state index in [1.807, 2.05) is 13.0 Å². The van der Waals surface area contributed by atoms with Crippen LogP contribution in [-0.2, 0) is 0 Å². The highest BCUT2D eigenvalue weighted by Crippen LogP contribution is 1.98. The summed E-state index contributed by atoms with van der Waals surface area (Å²) in [5.74, 6) is 0. The Labute approximate surface area is 57.3 Å². The summed E-state index contributed by atoms with van der Waals surface area (Å²) >= 11 is 0. The molecule has 0 amide bonds. The van der Waals surface area contributed by atoms with Crippen LogP contribution in [0.4, 0.5) is 0 Å². The average molecular weight is 125 g/mol. The zero-order valence-corrected chi connectivity index (χ0v) is 6.49. The second kappa shape index (κ2) is 4.30. The summed E-state index contributed by atoms with van der Waals surface area (Å²) < 4.78 is 0. The average Bonchev–Trinajstić information content (AvgIpc) is 1.87. The highest BCUT2D eigenvalue weighted by molar-refractivity contribution is 5.92. The normalized spacial score (nSPS) is 11.7. The predicted molar refractivity (Wildman–Crippen MR) is 42.1 cm³/mol. The van der Waals surface area contributed by atoms with E-state index in [9.17, 15) is 0 Å². The monoisotopic (exact) mass is 125 g/mol. The van der Waals surface area contributed by atoms with Crippen LogP contribution in [0.25, 0.3) is 0 Å². The lowest BCUT2D eigenvalue weighted by molar-refractivity contribution is 1.10. The van der Waals surface area contributed by atoms with Gasteiger partial charge in [-0.2, -0.15) is 0 Å². The molecule has 0 aromatic heterocycles. The van der Waals surface area contributed by atoms with Crippen molar-refractivity contribution < 1.29 is 0 Å². The molecule has 0 aromatic carbocycles. The van der Waals surface area contributed by atoms with Crippen LogP contribution in [0.5, 0.6) is 0 Å². The third kappa shape index (κ3) is 3.95. The molecule has 0 aliphatic heterocycles. The fourth-order valence-corrected chi connectivity index (χ4v) is 0.502. The first-order valence-corrected chi connectivity index (χ1v) is 3.45. The third-order valence-corrected chi connectivity index (χ3v) is 1.36. The van der Waals surface area contributed by atoms with Crippen molar-refractivity contribution in [1.29, 1.82) is 5.41 Å². The van der Waals surface area contributed by atoms with Crippen LogP contribution in [0.15, 0.2) is 11.6 Å². The molecule has 1 heteroatoms. The van der Waals surface area contributed by atoms with Crippen LogP contribution in [-0.4, -0.2) is 5.71 Å². The summed E-state index contributed by atoms with van der Waals surface area (Å²) in [6, 6.07) is 0. The Morgan fingerprint density at radius 2 is 1.89 bits per heavy atom. The van der Waals surface area contributed by atoms with Crippen molar-refractivity contribution in [2.75, 3.05) is 0 Å². The van der Waals surface area contributed by atoms with Crippen LogP contribution in [0.2, 0.25) is 0 Å². The highest BCUT2D eigenvalue weighted by Gasteiger charge is 1.86. The topological polar surface area (TPSA) is 23.9 Å². The zero-order valence-electron chi connectivity index (χ0n) is 6.49. The summed E-state index contributed by atoms with van der Waals surface area (Å²) in [5.41, 5.74) is 2.02. The molecular formula is C8H15N. The van der Waals surface area contributed by atoms with Crippen LogP contribution in [0.1, 0.15) is 33.6 Å². The quantitative estimate of drug-likeness (QED) is 0.561. The van der Waals surface area contributed by atoms with Crippen LogP contribution in [0.3, 0.4) is 0 Å². The lowest BCUT2D eigenvalue weighted by Crippen LogP contribution is -1.87. The highest BCUT2D eigenvalue weighted by atomic mass is 14.4. The van der Waals surface area contributed by atoms with Gasteiger partial charge in [0, 0.05) is 5.71 Å². The Kier molecular flexibility index (Phi) is 4.02. The Bertz CT molecular complexity index is 123. The predicted octanol–water partition coefficient (Wildman–Crippen LogP) is 2.77. The third-order valence-electron chi connectivity index (χ3n) is 1.36. The first kappa shape index (κ1) is 8.41. The molecule has 0 saturated carbocycles. The van der Waals surface area contributed by atoms with Gasteiger partial charge in [0.25, 0.3) is 0 Å². The van der Waals surface area contributed by atoms with Crippen molar-refractivity contribution in [2.45, 2.75) is 33.6 Å². The van der Waals surface area contributed by atoms with Gasteiger partial charge in [-0.25, -0.2) is 0 Å². The van der Waals surface area contributed by atoms with E-state index in [0.29, 0.717) is 0 Å². The molecule has 0 unspecified atom stereocenters. The fraction of sp³-hybridized carbons (Fsp3) is 0.625. The van der Waals surface area contributed by atoms with Gasteiger partial charge in [0.05, 0.1) is 0 Å². The largest absolute Gasteiger partial charge is 0.305 e. The molecule has 0 heterocycles. The van der Waals surface area contributed by atoms with E-state index >= 15 is 0 Å². The molecule has 0 rings (SSSR count). The van der Waals surface area contributed by atoms with Gasteiger partial charge in [-0.1, -0.05) is 19.4 Å². The lowest BCUT2D eigenvalue weighted by Gasteiger charge is -1.93. The Morgan fingerprint density at radius 3 is 2.22 bits per heavy atom. The van der Waals surface area contributed by atoms with Crippen molar-refractivity contribution in [3.05, 3.63) is 11.6 Å². The molecule has 1 nitrogen and oxygen atoms in total. The van der Waals surface area contributed by atoms with Crippen molar-refractivity contribution >= 4 is 5.71 Å². The molecule has 0 saturated heterocycles. The molecule has 0 radical (unpaired) electrons. The molecule has 0 fully saturated rings. The van der Waals surface area contributed by atoms with Crippen molar-refractivity contribution in [3.63, 3.8) is 0 Å². The molecule has 52 valence electrons. The van der Waals surface area contributed by atoms with Gasteiger partial charge in [-0.3, -0.25) is 0 Å². The van der Waals surface area contributed by atoms with E-state index in [1.54, 1.807) is 0 Å². The van der Waals surface area contributed by atoms with E-state index in [-0.39, 0.29) is 0 Å². The van der Waals surface area contributed by atoms with Crippen molar-refractivity contribution in [3.8, 4) is 0 Å². The van der Waals surface area contributed by atoms with Crippen molar-refractivity contribution in [2.24, 2.45) is 0 Å². The SMILES string of the molecule is CCC(=N)C=C(C)CC. The van der Waals surface area contributed by atoms with Gasteiger partial charge in [0.1, 0.15) is 0 Å². The Morgan fingerprint density at radius 1 is 1.33 bits per heavy atom. The summed E-state index contributed by atoms with van der Waals surface area (Å²) in [4.78, 5) is 0. The molecular weight excluding hydrogens is 110 g/mol. The molecule has 0 aliphatic rings. The Balaban J connectivity index is 3.79. The molecule has 0 atom stereocenters. The first-order chi connectivity index (χ1) is 4.20. The summed E-state index contributed by atoms with van der Waals surface area (Å²) in [5, 5.41) is 7.29. The molecule has 9 heavy (non-hydrogen) atoms. The number of nitrogens with one attached hydrogen (secondary N) is 1.